The molecular formula is C14H18BrNO. The summed E-state index contributed by atoms with van der Waals surface area (Å²) in [4.78, 5) is 0. The fourth-order valence-corrected chi connectivity index (χ4v) is 2.18. The summed E-state index contributed by atoms with van der Waals surface area (Å²) in [6.07, 6.45) is 6.45. The molecule has 1 aliphatic rings. The van der Waals surface area contributed by atoms with Crippen molar-refractivity contribution in [1.82, 2.24) is 5.32 Å². The molecule has 0 saturated heterocycles. The zero-order valence-electron chi connectivity index (χ0n) is 10.0. The number of nitrogens with one attached hydrogen (secondary N) is 1. The molecule has 3 heteroatoms. The fraction of sp³-hybridized carbons (Fsp3) is 0.429. The minimum atomic E-state index is 0.317. The largest absolute Gasteiger partial charge is 0.497 e. The van der Waals surface area contributed by atoms with E-state index in [2.05, 4.69) is 58.5 Å². The molecule has 1 N–H and O–H groups in total. The predicted molar refractivity (Wildman–Crippen MR) is 73.8 cm³/mol. The molecule has 1 heterocycles. The third kappa shape index (κ3) is 3.86. The van der Waals surface area contributed by atoms with Gasteiger partial charge in [-0.3, -0.25) is 0 Å². The third-order valence-corrected chi connectivity index (χ3v) is 3.57. The molecule has 0 radical (unpaired) electrons. The Morgan fingerprint density at radius 3 is 2.82 bits per heavy atom. The van der Waals surface area contributed by atoms with Crippen molar-refractivity contribution in [2.75, 3.05) is 6.54 Å². The standard InChI is InChI=1S/C14H18BrNO/c1-11(12-5-7-13(15)8-6-12)16-10-14-4-2-3-9-17-14/h3,5-9,11,14,16H,2,4,10H2,1H3/t11-,14?/m0/s1. The summed E-state index contributed by atoms with van der Waals surface area (Å²) in [5, 5.41) is 3.51. The molecule has 2 rings (SSSR count). The van der Waals surface area contributed by atoms with Crippen LogP contribution in [0.2, 0.25) is 0 Å². The zero-order valence-corrected chi connectivity index (χ0v) is 11.6. The Hall–Kier alpha value is -0.800. The fourth-order valence-electron chi connectivity index (χ4n) is 1.91. The van der Waals surface area contributed by atoms with Gasteiger partial charge in [0.05, 0.1) is 6.26 Å². The molecule has 0 fully saturated rings. The highest BCUT2D eigenvalue weighted by molar-refractivity contribution is 9.10. The van der Waals surface area contributed by atoms with Gasteiger partial charge in [-0.1, -0.05) is 28.1 Å². The Bertz CT molecular complexity index is 374. The first-order valence-electron chi connectivity index (χ1n) is 6.05. The molecule has 0 amide bonds. The van der Waals surface area contributed by atoms with Gasteiger partial charge in [0.25, 0.3) is 0 Å². The number of rotatable bonds is 4. The lowest BCUT2D eigenvalue weighted by Gasteiger charge is -2.22. The molecule has 1 aromatic carbocycles. The number of benzene rings is 1. The lowest BCUT2D eigenvalue weighted by Crippen LogP contribution is -2.31. The molecule has 1 aliphatic heterocycles. The van der Waals surface area contributed by atoms with Gasteiger partial charge in [0.15, 0.2) is 0 Å². The minimum Gasteiger partial charge on any atom is -0.497 e. The van der Waals surface area contributed by atoms with Crippen LogP contribution in [0.25, 0.3) is 0 Å². The Morgan fingerprint density at radius 2 is 2.18 bits per heavy atom. The van der Waals surface area contributed by atoms with Gasteiger partial charge in [0.2, 0.25) is 0 Å². The molecular weight excluding hydrogens is 278 g/mol. The summed E-state index contributed by atoms with van der Waals surface area (Å²) in [6.45, 7) is 3.09. The topological polar surface area (TPSA) is 21.3 Å². The van der Waals surface area contributed by atoms with E-state index in [1.165, 1.54) is 5.56 Å². The first-order chi connectivity index (χ1) is 8.25. The zero-order chi connectivity index (χ0) is 12.1. The van der Waals surface area contributed by atoms with E-state index in [1.807, 2.05) is 6.26 Å². The predicted octanol–water partition coefficient (Wildman–Crippen LogP) is 3.79. The highest BCUT2D eigenvalue weighted by Crippen LogP contribution is 2.17. The van der Waals surface area contributed by atoms with Gasteiger partial charge in [-0.2, -0.15) is 0 Å². The van der Waals surface area contributed by atoms with Crippen LogP contribution in [0.1, 0.15) is 31.4 Å². The number of allylic oxidation sites excluding steroid dienone is 1. The Labute approximate surface area is 111 Å². The SMILES string of the molecule is C[C@H](NCC1CCC=CO1)c1ccc(Br)cc1. The third-order valence-electron chi connectivity index (χ3n) is 3.04. The molecule has 92 valence electrons. The summed E-state index contributed by atoms with van der Waals surface area (Å²) >= 11 is 3.45. The first-order valence-corrected chi connectivity index (χ1v) is 6.84. The summed E-state index contributed by atoms with van der Waals surface area (Å²) in [5.41, 5.74) is 1.31. The summed E-state index contributed by atoms with van der Waals surface area (Å²) in [6, 6.07) is 8.80. The quantitative estimate of drug-likeness (QED) is 0.912. The molecule has 17 heavy (non-hydrogen) atoms. The maximum Gasteiger partial charge on any atom is 0.110 e. The van der Waals surface area contributed by atoms with Crippen LogP contribution < -0.4 is 5.32 Å². The van der Waals surface area contributed by atoms with Crippen molar-refractivity contribution in [3.8, 4) is 0 Å². The highest BCUT2D eigenvalue weighted by atomic mass is 79.9. The van der Waals surface area contributed by atoms with Gasteiger partial charge in [0.1, 0.15) is 6.10 Å². The van der Waals surface area contributed by atoms with Crippen LogP contribution in [0.5, 0.6) is 0 Å². The molecule has 2 atom stereocenters. The van der Waals surface area contributed by atoms with Gasteiger partial charge in [-0.15, -0.1) is 0 Å². The van der Waals surface area contributed by atoms with Crippen molar-refractivity contribution in [3.63, 3.8) is 0 Å². The van der Waals surface area contributed by atoms with Crippen molar-refractivity contribution in [3.05, 3.63) is 46.6 Å². The number of hydrogen-bond donors (Lipinski definition) is 1. The van der Waals surface area contributed by atoms with Crippen molar-refractivity contribution >= 4 is 15.9 Å². The van der Waals surface area contributed by atoms with E-state index in [0.29, 0.717) is 12.1 Å². The lowest BCUT2D eigenvalue weighted by molar-refractivity contribution is 0.120. The van der Waals surface area contributed by atoms with Gasteiger partial charge >= 0.3 is 0 Å². The van der Waals surface area contributed by atoms with E-state index in [-0.39, 0.29) is 0 Å². The second-order valence-corrected chi connectivity index (χ2v) is 5.30. The summed E-state index contributed by atoms with van der Waals surface area (Å²) < 4.78 is 6.65. The van der Waals surface area contributed by atoms with Gasteiger partial charge < -0.3 is 10.1 Å². The Morgan fingerprint density at radius 1 is 1.41 bits per heavy atom. The Kier molecular flexibility index (Phi) is 4.63. The molecule has 1 aromatic rings. The summed E-state index contributed by atoms with van der Waals surface area (Å²) in [7, 11) is 0. The van der Waals surface area contributed by atoms with Gasteiger partial charge in [0, 0.05) is 17.1 Å². The second-order valence-electron chi connectivity index (χ2n) is 4.39. The van der Waals surface area contributed by atoms with Crippen LogP contribution >= 0.6 is 15.9 Å². The van der Waals surface area contributed by atoms with E-state index < -0.39 is 0 Å². The van der Waals surface area contributed by atoms with Gasteiger partial charge in [-0.25, -0.2) is 0 Å². The first kappa shape index (κ1) is 12.7. The van der Waals surface area contributed by atoms with E-state index >= 15 is 0 Å². The average Bonchev–Trinajstić information content (AvgIpc) is 2.38. The van der Waals surface area contributed by atoms with Crippen molar-refractivity contribution in [2.45, 2.75) is 31.9 Å². The monoisotopic (exact) mass is 295 g/mol. The maximum atomic E-state index is 5.53. The molecule has 1 unspecified atom stereocenters. The van der Waals surface area contributed by atoms with E-state index in [4.69, 9.17) is 4.74 Å². The van der Waals surface area contributed by atoms with Crippen LogP contribution in [0, 0.1) is 0 Å². The maximum absolute atomic E-state index is 5.53. The smallest absolute Gasteiger partial charge is 0.110 e. The normalized spacial score (nSPS) is 20.9. The summed E-state index contributed by atoms with van der Waals surface area (Å²) in [5.74, 6) is 0. The van der Waals surface area contributed by atoms with E-state index in [0.717, 1.165) is 23.9 Å². The van der Waals surface area contributed by atoms with Crippen LogP contribution in [0.4, 0.5) is 0 Å². The van der Waals surface area contributed by atoms with Crippen LogP contribution in [0.15, 0.2) is 41.1 Å². The average molecular weight is 296 g/mol. The molecule has 2 nitrogen and oxygen atoms in total. The lowest BCUT2D eigenvalue weighted by atomic mass is 10.1. The van der Waals surface area contributed by atoms with Crippen LogP contribution in [-0.4, -0.2) is 12.6 Å². The molecule has 0 spiro atoms. The van der Waals surface area contributed by atoms with Crippen LogP contribution in [-0.2, 0) is 4.74 Å². The minimum absolute atomic E-state index is 0.317. The van der Waals surface area contributed by atoms with Gasteiger partial charge in [-0.05, 0) is 43.5 Å². The van der Waals surface area contributed by atoms with E-state index in [1.54, 1.807) is 0 Å². The van der Waals surface area contributed by atoms with Crippen LogP contribution in [0.3, 0.4) is 0 Å². The number of ether oxygens (including phenoxy) is 1. The van der Waals surface area contributed by atoms with E-state index in [9.17, 15) is 0 Å². The molecule has 0 aliphatic carbocycles. The van der Waals surface area contributed by atoms with Crippen molar-refractivity contribution in [2.24, 2.45) is 0 Å². The second kappa shape index (κ2) is 6.22. The Balaban J connectivity index is 1.82. The highest BCUT2D eigenvalue weighted by Gasteiger charge is 2.12. The molecule has 0 aromatic heterocycles. The number of halogens is 1. The van der Waals surface area contributed by atoms with Crippen molar-refractivity contribution in [1.29, 1.82) is 0 Å². The number of hydrogen-bond acceptors (Lipinski definition) is 2. The van der Waals surface area contributed by atoms with Crippen molar-refractivity contribution < 1.29 is 4.74 Å². The molecule has 0 bridgehead atoms. The molecule has 0 saturated carbocycles.